The number of alkyl halides is 1. The van der Waals surface area contributed by atoms with Crippen molar-refractivity contribution < 1.29 is 28.2 Å². The molecule has 13 heteroatoms. The first-order chi connectivity index (χ1) is 27.1. The van der Waals surface area contributed by atoms with Crippen LogP contribution in [0.25, 0.3) is 10.9 Å². The molecule has 4 aliphatic rings. The number of carbonyl (C=O) groups is 3. The Bertz CT molecular complexity index is 2140. The molecule has 4 aromatic rings. The summed E-state index contributed by atoms with van der Waals surface area (Å²) in [5.41, 5.74) is 1.98. The van der Waals surface area contributed by atoms with Gasteiger partial charge in [-0.2, -0.15) is 5.10 Å². The molecule has 4 fully saturated rings. The van der Waals surface area contributed by atoms with Crippen molar-refractivity contribution in [3.05, 3.63) is 82.4 Å². The van der Waals surface area contributed by atoms with Crippen LogP contribution in [0.4, 0.5) is 10.1 Å². The molecule has 2 saturated heterocycles. The third-order valence-corrected chi connectivity index (χ3v) is 11.8. The van der Waals surface area contributed by atoms with Crippen LogP contribution >= 0.6 is 0 Å². The number of hydrogen-bond acceptors (Lipinski definition) is 8. The van der Waals surface area contributed by atoms with E-state index in [4.69, 9.17) is 14.6 Å². The van der Waals surface area contributed by atoms with Gasteiger partial charge in [-0.05, 0) is 107 Å². The van der Waals surface area contributed by atoms with Crippen molar-refractivity contribution in [1.82, 2.24) is 24.6 Å². The van der Waals surface area contributed by atoms with Crippen LogP contribution in [0.15, 0.2) is 65.7 Å². The highest BCUT2D eigenvalue weighted by atomic mass is 19.1. The number of fused-ring (bicyclic) bond motifs is 1. The quantitative estimate of drug-likeness (QED) is 0.155. The summed E-state index contributed by atoms with van der Waals surface area (Å²) in [6.07, 6.45) is 11.6. The van der Waals surface area contributed by atoms with Crippen molar-refractivity contribution in [1.29, 1.82) is 0 Å². The van der Waals surface area contributed by atoms with Crippen molar-refractivity contribution >= 4 is 34.3 Å². The van der Waals surface area contributed by atoms with Gasteiger partial charge in [-0.1, -0.05) is 18.6 Å². The minimum absolute atomic E-state index is 0.100. The number of anilines is 1. The summed E-state index contributed by atoms with van der Waals surface area (Å²) in [5, 5.41) is 10.9. The van der Waals surface area contributed by atoms with Gasteiger partial charge in [0, 0.05) is 55.7 Å². The fourth-order valence-electron chi connectivity index (χ4n) is 8.67. The molecule has 4 atom stereocenters. The average molecular weight is 767 g/mol. The van der Waals surface area contributed by atoms with Crippen LogP contribution in [0, 0.1) is 5.92 Å². The largest absolute Gasteiger partial charge is 0.490 e. The molecule has 4 heterocycles. The van der Waals surface area contributed by atoms with Gasteiger partial charge in [0.05, 0.1) is 29.3 Å². The van der Waals surface area contributed by atoms with E-state index in [9.17, 15) is 23.6 Å². The van der Waals surface area contributed by atoms with E-state index in [-0.39, 0.29) is 29.6 Å². The van der Waals surface area contributed by atoms with Gasteiger partial charge in [0.25, 0.3) is 17.4 Å². The van der Waals surface area contributed by atoms with E-state index >= 15 is 0 Å². The summed E-state index contributed by atoms with van der Waals surface area (Å²) >= 11 is 0. The maximum atomic E-state index is 13.7. The van der Waals surface area contributed by atoms with Crippen LogP contribution in [-0.4, -0.2) is 74.5 Å². The lowest BCUT2D eigenvalue weighted by molar-refractivity contribution is -0.138. The number of imide groups is 1. The molecule has 0 radical (unpaired) electrons. The Labute approximate surface area is 325 Å². The minimum Gasteiger partial charge on any atom is -0.490 e. The standard InChI is InChI=1S/C43H51FN6O6/c1-26(2)55-39-23-36-29(21-33(39)41(52)45-35-7-5-19-49(43(35)54)37-22-34(37)44)25-50(47-36)30-12-8-28(9-13-30)24-48-18-4-3-6-31(48)20-27-10-14-32(15-11-27)56-38-16-17-40(51)46-42(38)53/h5,7,10-11,14-15,19,21,23,25-26,28,30-31,34,37-38H,3-4,6,8-9,12-13,16-18,20,22,24H2,1-2H3,(H,45,52)(H,46,51,53)/t28-,30-,31?,34-,37+,38?/m1/s1. The molecule has 56 heavy (non-hydrogen) atoms. The van der Waals surface area contributed by atoms with Crippen LogP contribution in [0.5, 0.6) is 11.5 Å². The number of ether oxygens (including phenoxy) is 2. The number of pyridine rings is 1. The van der Waals surface area contributed by atoms with E-state index in [1.165, 1.54) is 35.5 Å². The molecule has 2 unspecified atom stereocenters. The molecule has 2 saturated carbocycles. The van der Waals surface area contributed by atoms with Gasteiger partial charge in [0.1, 0.15) is 23.4 Å². The van der Waals surface area contributed by atoms with E-state index in [1.54, 1.807) is 18.3 Å². The number of carbonyl (C=O) groups excluding carboxylic acids is 3. The first kappa shape index (κ1) is 37.9. The molecule has 12 nitrogen and oxygen atoms in total. The number of benzene rings is 2. The summed E-state index contributed by atoms with van der Waals surface area (Å²) in [6, 6.07) is 15.1. The van der Waals surface area contributed by atoms with Crippen molar-refractivity contribution in [3.8, 4) is 11.5 Å². The monoisotopic (exact) mass is 766 g/mol. The first-order valence-electron chi connectivity index (χ1n) is 20.3. The van der Waals surface area contributed by atoms with Gasteiger partial charge in [-0.3, -0.25) is 34.1 Å². The highest BCUT2D eigenvalue weighted by Gasteiger charge is 2.40. The summed E-state index contributed by atoms with van der Waals surface area (Å²) in [5.74, 6) is 0.563. The van der Waals surface area contributed by atoms with Gasteiger partial charge < -0.3 is 19.4 Å². The normalized spacial score (nSPS) is 25.6. The smallest absolute Gasteiger partial charge is 0.274 e. The number of rotatable bonds is 12. The van der Waals surface area contributed by atoms with Gasteiger partial charge >= 0.3 is 0 Å². The van der Waals surface area contributed by atoms with Crippen molar-refractivity contribution in [2.24, 2.45) is 5.92 Å². The molecular formula is C43H51FN6O6. The number of hydrogen-bond donors (Lipinski definition) is 2. The zero-order chi connectivity index (χ0) is 38.9. The lowest BCUT2D eigenvalue weighted by Crippen LogP contribution is -2.46. The van der Waals surface area contributed by atoms with E-state index in [1.807, 2.05) is 38.2 Å². The van der Waals surface area contributed by atoms with Crippen LogP contribution in [0.1, 0.15) is 106 Å². The maximum Gasteiger partial charge on any atom is 0.274 e. The molecular weight excluding hydrogens is 716 g/mol. The number of likely N-dealkylation sites (tertiary alicyclic amines) is 1. The Morgan fingerprint density at radius 1 is 1.02 bits per heavy atom. The minimum atomic E-state index is -1.04. The molecule has 0 spiro atoms. The highest BCUT2D eigenvalue weighted by Crippen LogP contribution is 2.38. The zero-order valence-corrected chi connectivity index (χ0v) is 32.1. The molecule has 8 rings (SSSR count). The van der Waals surface area contributed by atoms with Crippen molar-refractivity contribution in [3.63, 3.8) is 0 Å². The molecule has 0 bridgehead atoms. The van der Waals surface area contributed by atoms with E-state index < -0.39 is 29.8 Å². The van der Waals surface area contributed by atoms with Gasteiger partial charge in [-0.15, -0.1) is 0 Å². The van der Waals surface area contributed by atoms with E-state index in [0.717, 1.165) is 56.1 Å². The van der Waals surface area contributed by atoms with Crippen molar-refractivity contribution in [2.75, 3.05) is 18.4 Å². The van der Waals surface area contributed by atoms with Crippen LogP contribution < -0.4 is 25.7 Å². The third-order valence-electron chi connectivity index (χ3n) is 11.8. The Hall–Kier alpha value is -5.04. The molecule has 2 aromatic heterocycles. The molecule has 3 amide bonds. The number of halogens is 1. The fourth-order valence-corrected chi connectivity index (χ4v) is 8.67. The summed E-state index contributed by atoms with van der Waals surface area (Å²) in [7, 11) is 0. The third kappa shape index (κ3) is 8.52. The first-order valence-corrected chi connectivity index (χ1v) is 20.3. The van der Waals surface area contributed by atoms with Gasteiger partial charge in [0.2, 0.25) is 5.91 Å². The SMILES string of the molecule is CC(C)Oc1cc2nn([C@H]3CC[C@H](CN4CCCCC4Cc4ccc(OC5CCC(=O)NC5=O)cc4)CC3)cc2cc1C(=O)Nc1cccn([C@H]2C[C@H]2F)c1=O. The average Bonchev–Trinajstić information content (AvgIpc) is 3.76. The fraction of sp³-hybridized carbons (Fsp3) is 0.512. The molecule has 2 aliphatic carbocycles. The Morgan fingerprint density at radius 3 is 2.54 bits per heavy atom. The molecule has 2 aliphatic heterocycles. The second kappa shape index (κ2) is 16.2. The molecule has 2 N–H and O–H groups in total. The van der Waals surface area contributed by atoms with Gasteiger partial charge in [0.15, 0.2) is 6.10 Å². The van der Waals surface area contributed by atoms with Crippen LogP contribution in [0.2, 0.25) is 0 Å². The summed E-state index contributed by atoms with van der Waals surface area (Å²) in [6.45, 7) is 6.00. The number of amides is 3. The second-order valence-electron chi connectivity index (χ2n) is 16.3. The summed E-state index contributed by atoms with van der Waals surface area (Å²) < 4.78 is 29.1. The van der Waals surface area contributed by atoms with Crippen LogP contribution in [0.3, 0.4) is 0 Å². The maximum absolute atomic E-state index is 13.7. The Balaban J connectivity index is 0.885. The van der Waals surface area contributed by atoms with Crippen LogP contribution in [-0.2, 0) is 16.0 Å². The second-order valence-corrected chi connectivity index (χ2v) is 16.3. The van der Waals surface area contributed by atoms with Crippen molar-refractivity contribution in [2.45, 2.75) is 121 Å². The summed E-state index contributed by atoms with van der Waals surface area (Å²) in [4.78, 5) is 53.0. The molecule has 2 aromatic carbocycles. The van der Waals surface area contributed by atoms with E-state index in [2.05, 4.69) is 32.3 Å². The number of nitrogens with one attached hydrogen (secondary N) is 2. The lowest BCUT2D eigenvalue weighted by atomic mass is 9.84. The number of aromatic nitrogens is 3. The Kier molecular flexibility index (Phi) is 11.0. The lowest BCUT2D eigenvalue weighted by Gasteiger charge is -2.40. The topological polar surface area (TPSA) is 137 Å². The number of nitrogens with zero attached hydrogens (tertiary/aromatic N) is 4. The zero-order valence-electron chi connectivity index (χ0n) is 32.1. The highest BCUT2D eigenvalue weighted by molar-refractivity contribution is 6.08. The number of piperidine rings is 2. The molecule has 296 valence electrons. The Morgan fingerprint density at radius 2 is 1.80 bits per heavy atom. The van der Waals surface area contributed by atoms with Gasteiger partial charge in [-0.25, -0.2) is 4.39 Å². The predicted molar refractivity (Wildman–Crippen MR) is 210 cm³/mol. The van der Waals surface area contributed by atoms with E-state index in [0.29, 0.717) is 48.3 Å². The predicted octanol–water partition coefficient (Wildman–Crippen LogP) is 6.53.